The monoisotopic (exact) mass is 287 g/mol. The fourth-order valence-electron chi connectivity index (χ4n) is 2.23. The zero-order chi connectivity index (χ0) is 11.8. The fraction of sp³-hybridized carbons (Fsp3) is 0.0714. The Bertz CT molecular complexity index is 652. The van der Waals surface area contributed by atoms with E-state index in [1.54, 1.807) is 0 Å². The van der Waals surface area contributed by atoms with Crippen molar-refractivity contribution in [1.82, 2.24) is 0 Å². The largest absolute Gasteiger partial charge is 0.618 e. The summed E-state index contributed by atoms with van der Waals surface area (Å²) in [7, 11) is 0. The van der Waals surface area contributed by atoms with Crippen molar-refractivity contribution in [2.45, 2.75) is 5.33 Å². The van der Waals surface area contributed by atoms with Gasteiger partial charge in [0.25, 0.3) is 0 Å². The molecule has 0 saturated carbocycles. The molecule has 1 heterocycles. The van der Waals surface area contributed by atoms with Gasteiger partial charge < -0.3 is 5.21 Å². The molecule has 0 saturated heterocycles. The minimum atomic E-state index is 0.723. The molecule has 0 N–H and O–H groups in total. The summed E-state index contributed by atoms with van der Waals surface area (Å²) in [6.45, 7) is 0. The van der Waals surface area contributed by atoms with Gasteiger partial charge in [-0.3, -0.25) is 0 Å². The zero-order valence-electron chi connectivity index (χ0n) is 9.06. The maximum Gasteiger partial charge on any atom is 0.224 e. The van der Waals surface area contributed by atoms with E-state index in [-0.39, 0.29) is 0 Å². The highest BCUT2D eigenvalue weighted by Gasteiger charge is 2.14. The summed E-state index contributed by atoms with van der Waals surface area (Å²) in [5.41, 5.74) is 2.62. The van der Waals surface area contributed by atoms with Crippen LogP contribution in [0.25, 0.3) is 21.8 Å². The molecule has 1 aromatic heterocycles. The van der Waals surface area contributed by atoms with Crippen molar-refractivity contribution >= 4 is 37.7 Å². The third-order valence-electron chi connectivity index (χ3n) is 3.03. The molecule has 3 heteroatoms. The summed E-state index contributed by atoms with van der Waals surface area (Å²) in [5, 5.41) is 15.0. The lowest BCUT2D eigenvalue weighted by atomic mass is 10.0. The summed E-state index contributed by atoms with van der Waals surface area (Å²) in [6, 6.07) is 15.4. The molecule has 0 aliphatic heterocycles. The third-order valence-corrected chi connectivity index (χ3v) is 3.59. The van der Waals surface area contributed by atoms with Crippen LogP contribution in [0.4, 0.5) is 0 Å². The smallest absolute Gasteiger partial charge is 0.224 e. The van der Waals surface area contributed by atoms with Crippen LogP contribution in [0.3, 0.4) is 0 Å². The highest BCUT2D eigenvalue weighted by molar-refractivity contribution is 9.08. The third kappa shape index (κ3) is 1.50. The summed E-state index contributed by atoms with van der Waals surface area (Å²) < 4.78 is 1.01. The molecule has 0 fully saturated rings. The van der Waals surface area contributed by atoms with Gasteiger partial charge in [0.2, 0.25) is 11.0 Å². The van der Waals surface area contributed by atoms with Gasteiger partial charge in [-0.15, -0.1) is 0 Å². The first-order valence-corrected chi connectivity index (χ1v) is 6.53. The van der Waals surface area contributed by atoms with E-state index in [1.165, 1.54) is 5.56 Å². The molecule has 0 unspecified atom stereocenters. The molecule has 17 heavy (non-hydrogen) atoms. The van der Waals surface area contributed by atoms with Crippen molar-refractivity contribution in [1.29, 1.82) is 0 Å². The van der Waals surface area contributed by atoms with Gasteiger partial charge >= 0.3 is 0 Å². The standard InChI is InChI=1S/C14H10BrNO/c15-9-12-10-5-1-3-7-13(10)16(17)14-8-4-2-6-11(12)14/h1-8H,9H2. The van der Waals surface area contributed by atoms with Gasteiger partial charge in [-0.05, 0) is 17.7 Å². The molecule has 2 nitrogen and oxygen atoms in total. The minimum Gasteiger partial charge on any atom is -0.618 e. The van der Waals surface area contributed by atoms with Crippen LogP contribution in [0.2, 0.25) is 0 Å². The normalized spacial score (nSPS) is 11.1. The number of para-hydroxylation sites is 2. The molecule has 3 aromatic rings. The molecular formula is C14H10BrNO. The van der Waals surface area contributed by atoms with E-state index in [0.29, 0.717) is 0 Å². The quantitative estimate of drug-likeness (QED) is 0.291. The molecule has 0 bridgehead atoms. The maximum absolute atomic E-state index is 12.3. The first-order valence-electron chi connectivity index (χ1n) is 5.41. The molecule has 0 aliphatic carbocycles. The van der Waals surface area contributed by atoms with Crippen LogP contribution in [0.15, 0.2) is 48.5 Å². The Morgan fingerprint density at radius 2 is 1.35 bits per heavy atom. The number of fused-ring (bicyclic) bond motifs is 2. The zero-order valence-corrected chi connectivity index (χ0v) is 10.6. The number of rotatable bonds is 1. The summed E-state index contributed by atoms with van der Waals surface area (Å²) in [4.78, 5) is 0. The van der Waals surface area contributed by atoms with Crippen molar-refractivity contribution in [3.8, 4) is 0 Å². The number of hydrogen-bond donors (Lipinski definition) is 0. The first-order chi connectivity index (χ1) is 8.33. The van der Waals surface area contributed by atoms with Gasteiger partial charge in [-0.25, -0.2) is 0 Å². The molecule has 84 valence electrons. The Morgan fingerprint density at radius 1 is 0.882 bits per heavy atom. The van der Waals surface area contributed by atoms with E-state index >= 15 is 0 Å². The lowest BCUT2D eigenvalue weighted by Crippen LogP contribution is -2.28. The van der Waals surface area contributed by atoms with E-state index in [2.05, 4.69) is 15.9 Å². The van der Waals surface area contributed by atoms with Crippen molar-refractivity contribution < 1.29 is 4.73 Å². The van der Waals surface area contributed by atoms with Crippen LogP contribution < -0.4 is 4.73 Å². The van der Waals surface area contributed by atoms with Crippen LogP contribution in [0.1, 0.15) is 5.56 Å². The molecule has 0 atom stereocenters. The highest BCUT2D eigenvalue weighted by Crippen LogP contribution is 2.26. The Morgan fingerprint density at radius 3 is 1.82 bits per heavy atom. The predicted octanol–water partition coefficient (Wildman–Crippen LogP) is 3.52. The van der Waals surface area contributed by atoms with E-state index in [4.69, 9.17) is 0 Å². The average molecular weight is 288 g/mol. The second-order valence-electron chi connectivity index (χ2n) is 3.94. The Kier molecular flexibility index (Phi) is 2.48. The van der Waals surface area contributed by atoms with Gasteiger partial charge in [0.05, 0.1) is 10.8 Å². The van der Waals surface area contributed by atoms with E-state index in [9.17, 15) is 5.21 Å². The molecule has 2 aromatic carbocycles. The van der Waals surface area contributed by atoms with Crippen LogP contribution in [-0.2, 0) is 5.33 Å². The number of hydrogen-bond acceptors (Lipinski definition) is 1. The minimum absolute atomic E-state index is 0.723. The fourth-order valence-corrected chi connectivity index (χ4v) is 2.83. The lowest BCUT2D eigenvalue weighted by Gasteiger charge is -2.10. The van der Waals surface area contributed by atoms with Gasteiger partial charge in [0.1, 0.15) is 0 Å². The molecule has 0 amide bonds. The second-order valence-corrected chi connectivity index (χ2v) is 4.50. The lowest BCUT2D eigenvalue weighted by molar-refractivity contribution is -0.547. The van der Waals surface area contributed by atoms with E-state index in [1.807, 2.05) is 48.5 Å². The van der Waals surface area contributed by atoms with E-state index in [0.717, 1.165) is 31.9 Å². The van der Waals surface area contributed by atoms with Crippen LogP contribution in [0.5, 0.6) is 0 Å². The predicted molar refractivity (Wildman–Crippen MR) is 73.0 cm³/mol. The Balaban J connectivity index is 2.63. The van der Waals surface area contributed by atoms with Gasteiger partial charge in [-0.2, -0.15) is 4.73 Å². The van der Waals surface area contributed by atoms with Crippen molar-refractivity contribution in [2.24, 2.45) is 0 Å². The second kappa shape index (κ2) is 4.00. The molecular weight excluding hydrogens is 278 g/mol. The number of aromatic nitrogens is 1. The Labute approximate surface area is 107 Å². The van der Waals surface area contributed by atoms with Gasteiger partial charge in [0, 0.05) is 17.5 Å². The number of pyridine rings is 1. The van der Waals surface area contributed by atoms with Crippen molar-refractivity contribution in [2.75, 3.05) is 0 Å². The number of benzene rings is 2. The molecule has 0 aliphatic rings. The van der Waals surface area contributed by atoms with Crippen LogP contribution in [0, 0.1) is 5.21 Å². The summed E-state index contributed by atoms with van der Waals surface area (Å²) >= 11 is 3.51. The molecule has 3 rings (SSSR count). The van der Waals surface area contributed by atoms with Gasteiger partial charge in [0.15, 0.2) is 0 Å². The molecule has 0 radical (unpaired) electrons. The first kappa shape index (κ1) is 10.5. The average Bonchev–Trinajstić information content (AvgIpc) is 2.40. The van der Waals surface area contributed by atoms with Gasteiger partial charge in [-0.1, -0.05) is 40.2 Å². The highest BCUT2D eigenvalue weighted by atomic mass is 79.9. The Hall–Kier alpha value is -1.61. The summed E-state index contributed by atoms with van der Waals surface area (Å²) in [5.74, 6) is 0. The molecule has 0 spiro atoms. The maximum atomic E-state index is 12.3. The van der Waals surface area contributed by atoms with Crippen molar-refractivity contribution in [3.05, 3.63) is 59.3 Å². The van der Waals surface area contributed by atoms with Crippen LogP contribution >= 0.6 is 15.9 Å². The number of halogens is 1. The van der Waals surface area contributed by atoms with E-state index < -0.39 is 0 Å². The number of alkyl halides is 1. The number of nitrogens with zero attached hydrogens (tertiary/aromatic N) is 1. The van der Waals surface area contributed by atoms with Crippen LogP contribution in [-0.4, -0.2) is 0 Å². The summed E-state index contributed by atoms with van der Waals surface area (Å²) in [6.07, 6.45) is 0. The van der Waals surface area contributed by atoms with Crippen molar-refractivity contribution in [3.63, 3.8) is 0 Å². The topological polar surface area (TPSA) is 26.9 Å². The SMILES string of the molecule is [O-][n+]1c2ccccc2c(CBr)c2ccccc21.